The Kier molecular flexibility index (Phi) is 4.45. The van der Waals surface area contributed by atoms with Crippen LogP contribution in [0.15, 0.2) is 21.4 Å². The zero-order chi connectivity index (χ0) is 13.0. The van der Waals surface area contributed by atoms with E-state index in [1.807, 2.05) is 12.3 Å². The third kappa shape index (κ3) is 3.62. The van der Waals surface area contributed by atoms with Gasteiger partial charge < -0.3 is 11.1 Å². The van der Waals surface area contributed by atoms with Gasteiger partial charge in [0.1, 0.15) is 5.69 Å². The van der Waals surface area contributed by atoms with Gasteiger partial charge in [0.15, 0.2) is 0 Å². The second-order valence-corrected chi connectivity index (χ2v) is 5.94. The fourth-order valence-electron chi connectivity index (χ4n) is 1.37. The molecule has 18 heavy (non-hydrogen) atoms. The fourth-order valence-corrected chi connectivity index (χ4v) is 2.57. The van der Waals surface area contributed by atoms with E-state index in [0.29, 0.717) is 18.8 Å². The molecule has 0 aliphatic rings. The standard InChI is InChI=1S/C10H12BrN5OS/c11-9-1-7(6-18-9)4-16-5-8(14-15-16)3-13-10(17)2-12/h1,5-6H,2-4,12H2,(H,13,17). The van der Waals surface area contributed by atoms with Gasteiger partial charge in [-0.15, -0.1) is 16.4 Å². The molecule has 0 saturated heterocycles. The topological polar surface area (TPSA) is 85.8 Å². The van der Waals surface area contributed by atoms with Crippen molar-refractivity contribution in [3.05, 3.63) is 32.7 Å². The number of hydrogen-bond donors (Lipinski definition) is 2. The van der Waals surface area contributed by atoms with Crippen LogP contribution in [0.3, 0.4) is 0 Å². The van der Waals surface area contributed by atoms with Gasteiger partial charge >= 0.3 is 0 Å². The number of halogens is 1. The summed E-state index contributed by atoms with van der Waals surface area (Å²) in [6.45, 7) is 1.00. The number of rotatable bonds is 5. The highest BCUT2D eigenvalue weighted by molar-refractivity contribution is 9.11. The normalized spacial score (nSPS) is 10.6. The van der Waals surface area contributed by atoms with Gasteiger partial charge in [-0.3, -0.25) is 4.79 Å². The lowest BCUT2D eigenvalue weighted by Crippen LogP contribution is -2.29. The first-order valence-corrected chi connectivity index (χ1v) is 6.93. The molecule has 2 rings (SSSR count). The molecular weight excluding hydrogens is 318 g/mol. The minimum absolute atomic E-state index is 0.0168. The minimum Gasteiger partial charge on any atom is -0.349 e. The van der Waals surface area contributed by atoms with E-state index in [4.69, 9.17) is 5.73 Å². The molecule has 2 aromatic heterocycles. The van der Waals surface area contributed by atoms with Crippen molar-refractivity contribution < 1.29 is 4.79 Å². The van der Waals surface area contributed by atoms with Crippen molar-refractivity contribution in [1.82, 2.24) is 20.3 Å². The fraction of sp³-hybridized carbons (Fsp3) is 0.300. The maximum Gasteiger partial charge on any atom is 0.234 e. The predicted molar refractivity (Wildman–Crippen MR) is 72.0 cm³/mol. The molecule has 2 heterocycles. The Morgan fingerprint density at radius 3 is 3.11 bits per heavy atom. The first-order chi connectivity index (χ1) is 8.67. The van der Waals surface area contributed by atoms with Gasteiger partial charge in [-0.05, 0) is 32.9 Å². The van der Waals surface area contributed by atoms with Crippen molar-refractivity contribution in [2.45, 2.75) is 13.1 Å². The average Bonchev–Trinajstić information content (AvgIpc) is 2.96. The first kappa shape index (κ1) is 13.2. The van der Waals surface area contributed by atoms with E-state index in [2.05, 4.69) is 36.9 Å². The van der Waals surface area contributed by atoms with Gasteiger partial charge in [-0.25, -0.2) is 4.68 Å². The number of nitrogens with zero attached hydrogens (tertiary/aromatic N) is 3. The van der Waals surface area contributed by atoms with E-state index < -0.39 is 0 Å². The molecule has 0 aromatic carbocycles. The van der Waals surface area contributed by atoms with Crippen LogP contribution in [0.5, 0.6) is 0 Å². The molecule has 8 heteroatoms. The molecule has 6 nitrogen and oxygen atoms in total. The molecule has 0 aliphatic heterocycles. The second kappa shape index (κ2) is 6.07. The van der Waals surface area contributed by atoms with Crippen LogP contribution < -0.4 is 11.1 Å². The lowest BCUT2D eigenvalue weighted by molar-refractivity contribution is -0.119. The van der Waals surface area contributed by atoms with Crippen molar-refractivity contribution in [1.29, 1.82) is 0 Å². The Labute approximate surface area is 116 Å². The second-order valence-electron chi connectivity index (χ2n) is 3.65. The van der Waals surface area contributed by atoms with Crippen LogP contribution in [-0.2, 0) is 17.9 Å². The molecule has 0 unspecified atom stereocenters. The number of amides is 1. The molecule has 0 fully saturated rings. The van der Waals surface area contributed by atoms with Crippen molar-refractivity contribution in [2.75, 3.05) is 6.54 Å². The summed E-state index contributed by atoms with van der Waals surface area (Å²) in [6.07, 6.45) is 1.81. The van der Waals surface area contributed by atoms with Crippen LogP contribution in [0.2, 0.25) is 0 Å². The number of aromatic nitrogens is 3. The van der Waals surface area contributed by atoms with Gasteiger partial charge in [0.25, 0.3) is 0 Å². The Morgan fingerprint density at radius 1 is 1.61 bits per heavy atom. The molecule has 0 bridgehead atoms. The molecule has 2 aromatic rings. The maximum absolute atomic E-state index is 11.0. The van der Waals surface area contributed by atoms with Gasteiger partial charge in [0.05, 0.1) is 29.6 Å². The van der Waals surface area contributed by atoms with E-state index in [9.17, 15) is 4.79 Å². The summed E-state index contributed by atoms with van der Waals surface area (Å²) in [4.78, 5) is 11.0. The molecule has 0 radical (unpaired) electrons. The van der Waals surface area contributed by atoms with Gasteiger partial charge in [0, 0.05) is 0 Å². The summed E-state index contributed by atoms with van der Waals surface area (Å²) in [6, 6.07) is 2.04. The summed E-state index contributed by atoms with van der Waals surface area (Å²) in [5.41, 5.74) is 7.06. The van der Waals surface area contributed by atoms with E-state index in [1.165, 1.54) is 0 Å². The molecule has 96 valence electrons. The summed E-state index contributed by atoms with van der Waals surface area (Å²) in [5.74, 6) is -0.202. The summed E-state index contributed by atoms with van der Waals surface area (Å²) in [5, 5.41) is 12.7. The van der Waals surface area contributed by atoms with Crippen molar-refractivity contribution in [3.8, 4) is 0 Å². The number of hydrogen-bond acceptors (Lipinski definition) is 5. The zero-order valence-electron chi connectivity index (χ0n) is 9.47. The van der Waals surface area contributed by atoms with Crippen molar-refractivity contribution in [2.24, 2.45) is 5.73 Å². The monoisotopic (exact) mass is 329 g/mol. The van der Waals surface area contributed by atoms with E-state index >= 15 is 0 Å². The van der Waals surface area contributed by atoms with E-state index in [0.717, 1.165) is 9.35 Å². The van der Waals surface area contributed by atoms with Crippen molar-refractivity contribution in [3.63, 3.8) is 0 Å². The number of thiophene rings is 1. The Bertz CT molecular complexity index is 538. The van der Waals surface area contributed by atoms with Crippen LogP contribution in [0.25, 0.3) is 0 Å². The smallest absolute Gasteiger partial charge is 0.234 e. The third-order valence-corrected chi connectivity index (χ3v) is 3.76. The lowest BCUT2D eigenvalue weighted by atomic mass is 10.3. The summed E-state index contributed by atoms with van der Waals surface area (Å²) in [7, 11) is 0. The molecule has 3 N–H and O–H groups in total. The first-order valence-electron chi connectivity index (χ1n) is 5.26. The summed E-state index contributed by atoms with van der Waals surface area (Å²) >= 11 is 5.05. The minimum atomic E-state index is -0.202. The SMILES string of the molecule is NCC(=O)NCc1cn(Cc2csc(Br)c2)nn1. The van der Waals surface area contributed by atoms with Crippen LogP contribution in [-0.4, -0.2) is 27.4 Å². The Balaban J connectivity index is 1.91. The predicted octanol–water partition coefficient (Wildman–Crippen LogP) is 0.725. The highest BCUT2D eigenvalue weighted by Crippen LogP contribution is 2.21. The van der Waals surface area contributed by atoms with E-state index in [-0.39, 0.29) is 12.5 Å². The average molecular weight is 330 g/mol. The van der Waals surface area contributed by atoms with Gasteiger partial charge in [-0.2, -0.15) is 0 Å². The van der Waals surface area contributed by atoms with Crippen LogP contribution in [0, 0.1) is 0 Å². The van der Waals surface area contributed by atoms with Crippen molar-refractivity contribution >= 4 is 33.2 Å². The molecule has 0 atom stereocenters. The van der Waals surface area contributed by atoms with Crippen LogP contribution >= 0.6 is 27.3 Å². The Hall–Kier alpha value is -1.25. The van der Waals surface area contributed by atoms with Gasteiger partial charge in [-0.1, -0.05) is 5.21 Å². The molecule has 1 amide bonds. The highest BCUT2D eigenvalue weighted by atomic mass is 79.9. The largest absolute Gasteiger partial charge is 0.349 e. The molecule has 0 spiro atoms. The van der Waals surface area contributed by atoms with Gasteiger partial charge in [0.2, 0.25) is 5.91 Å². The molecular formula is C10H12BrN5OS. The highest BCUT2D eigenvalue weighted by Gasteiger charge is 2.04. The number of carbonyl (C=O) groups is 1. The van der Waals surface area contributed by atoms with E-state index in [1.54, 1.807) is 16.0 Å². The quantitative estimate of drug-likeness (QED) is 0.846. The number of carbonyl (C=O) groups excluding carboxylic acids is 1. The number of nitrogens with one attached hydrogen (secondary N) is 1. The molecule has 0 aliphatic carbocycles. The zero-order valence-corrected chi connectivity index (χ0v) is 11.9. The summed E-state index contributed by atoms with van der Waals surface area (Å²) < 4.78 is 2.83. The maximum atomic E-state index is 11.0. The van der Waals surface area contributed by atoms with Crippen LogP contribution in [0.1, 0.15) is 11.3 Å². The lowest BCUT2D eigenvalue weighted by Gasteiger charge is -1.98. The van der Waals surface area contributed by atoms with Crippen LogP contribution in [0.4, 0.5) is 0 Å². The molecule has 0 saturated carbocycles. The third-order valence-electron chi connectivity index (χ3n) is 2.20. The number of nitrogens with two attached hydrogens (primary N) is 1. The Morgan fingerprint density at radius 2 is 2.44 bits per heavy atom.